The van der Waals surface area contributed by atoms with E-state index < -0.39 is 5.97 Å². The van der Waals surface area contributed by atoms with Gasteiger partial charge in [0.1, 0.15) is 18.2 Å². The quantitative estimate of drug-likeness (QED) is 0.812. The van der Waals surface area contributed by atoms with Gasteiger partial charge in [-0.15, -0.1) is 0 Å². The summed E-state index contributed by atoms with van der Waals surface area (Å²) in [5.74, 6) is 1.02. The molecule has 0 radical (unpaired) electrons. The first kappa shape index (κ1) is 12.4. The van der Waals surface area contributed by atoms with Crippen molar-refractivity contribution < 1.29 is 9.90 Å². The number of carboxylic acids is 1. The largest absolute Gasteiger partial charge is 0.480 e. The monoisotopic (exact) mass is 223 g/mol. The third-order valence-corrected chi connectivity index (χ3v) is 2.05. The second-order valence-electron chi connectivity index (χ2n) is 4.18. The van der Waals surface area contributed by atoms with Crippen molar-refractivity contribution in [3.05, 3.63) is 18.1 Å². The van der Waals surface area contributed by atoms with E-state index in [1.54, 1.807) is 24.2 Å². The fourth-order valence-electron chi connectivity index (χ4n) is 1.35. The molecular formula is C11H17N3O2. The Hall–Kier alpha value is -1.65. The zero-order valence-corrected chi connectivity index (χ0v) is 9.84. The van der Waals surface area contributed by atoms with Crippen molar-refractivity contribution in [1.82, 2.24) is 9.97 Å². The Morgan fingerprint density at radius 3 is 2.81 bits per heavy atom. The molecule has 0 fully saturated rings. The van der Waals surface area contributed by atoms with E-state index in [2.05, 4.69) is 23.8 Å². The summed E-state index contributed by atoms with van der Waals surface area (Å²) in [7, 11) is 1.70. The van der Waals surface area contributed by atoms with Gasteiger partial charge in [0.25, 0.3) is 0 Å². The molecule has 1 aromatic heterocycles. The lowest BCUT2D eigenvalue weighted by atomic mass is 10.1. The predicted octanol–water partition coefficient (Wildman–Crippen LogP) is 1.20. The SMILES string of the molecule is CC(C)Cc1nccc(N(C)CC(=O)O)n1. The molecule has 1 rings (SSSR count). The lowest BCUT2D eigenvalue weighted by Crippen LogP contribution is -2.26. The molecule has 5 heteroatoms. The van der Waals surface area contributed by atoms with Gasteiger partial charge in [0.05, 0.1) is 0 Å². The number of anilines is 1. The summed E-state index contributed by atoms with van der Waals surface area (Å²) < 4.78 is 0. The highest BCUT2D eigenvalue weighted by atomic mass is 16.4. The molecule has 88 valence electrons. The number of aromatic nitrogens is 2. The van der Waals surface area contributed by atoms with Gasteiger partial charge < -0.3 is 10.0 Å². The summed E-state index contributed by atoms with van der Waals surface area (Å²) in [5, 5.41) is 8.67. The molecule has 0 saturated heterocycles. The standard InChI is InChI=1S/C11H17N3O2/c1-8(2)6-9-12-5-4-10(13-9)14(3)7-11(15)16/h4-5,8H,6-7H2,1-3H3,(H,15,16). The fourth-order valence-corrected chi connectivity index (χ4v) is 1.35. The van der Waals surface area contributed by atoms with Gasteiger partial charge in [-0.25, -0.2) is 9.97 Å². The zero-order chi connectivity index (χ0) is 12.1. The topological polar surface area (TPSA) is 66.3 Å². The highest BCUT2D eigenvalue weighted by Crippen LogP contribution is 2.09. The molecule has 0 atom stereocenters. The third-order valence-electron chi connectivity index (χ3n) is 2.05. The smallest absolute Gasteiger partial charge is 0.323 e. The van der Waals surface area contributed by atoms with Crippen LogP contribution in [0, 0.1) is 5.92 Å². The van der Waals surface area contributed by atoms with Crippen molar-refractivity contribution in [2.24, 2.45) is 5.92 Å². The minimum atomic E-state index is -0.869. The highest BCUT2D eigenvalue weighted by Gasteiger charge is 2.08. The molecule has 0 amide bonds. The Labute approximate surface area is 95.1 Å². The van der Waals surface area contributed by atoms with E-state index in [1.165, 1.54) is 0 Å². The molecular weight excluding hydrogens is 206 g/mol. The number of hydrogen-bond donors (Lipinski definition) is 1. The molecule has 0 aliphatic carbocycles. The number of carbonyl (C=O) groups is 1. The number of carboxylic acid groups (broad SMARTS) is 1. The van der Waals surface area contributed by atoms with Crippen molar-refractivity contribution in [2.45, 2.75) is 20.3 Å². The lowest BCUT2D eigenvalue weighted by molar-refractivity contribution is -0.135. The molecule has 0 aliphatic rings. The molecule has 0 aromatic carbocycles. The lowest BCUT2D eigenvalue weighted by Gasteiger charge is -2.16. The van der Waals surface area contributed by atoms with Crippen molar-refractivity contribution in [1.29, 1.82) is 0 Å². The molecule has 0 saturated carbocycles. The van der Waals surface area contributed by atoms with Crippen molar-refractivity contribution in [2.75, 3.05) is 18.5 Å². The van der Waals surface area contributed by atoms with E-state index in [-0.39, 0.29) is 6.54 Å². The van der Waals surface area contributed by atoms with Gasteiger partial charge in [0.2, 0.25) is 0 Å². The Balaban J connectivity index is 2.77. The number of rotatable bonds is 5. The van der Waals surface area contributed by atoms with E-state index in [9.17, 15) is 4.79 Å². The Morgan fingerprint density at radius 1 is 1.56 bits per heavy atom. The number of nitrogens with zero attached hydrogens (tertiary/aromatic N) is 3. The van der Waals surface area contributed by atoms with Crippen LogP contribution in [0.2, 0.25) is 0 Å². The third kappa shape index (κ3) is 3.84. The van der Waals surface area contributed by atoms with Crippen LogP contribution in [-0.2, 0) is 11.2 Å². The van der Waals surface area contributed by atoms with Crippen molar-refractivity contribution in [3.8, 4) is 0 Å². The van der Waals surface area contributed by atoms with Crippen LogP contribution in [-0.4, -0.2) is 34.6 Å². The van der Waals surface area contributed by atoms with Crippen LogP contribution < -0.4 is 4.90 Å². The Bertz CT molecular complexity index is 366. The fraction of sp³-hybridized carbons (Fsp3) is 0.545. The van der Waals surface area contributed by atoms with Gasteiger partial charge in [-0.1, -0.05) is 13.8 Å². The maximum absolute atomic E-state index is 10.6. The van der Waals surface area contributed by atoms with Crippen LogP contribution in [0.5, 0.6) is 0 Å². The summed E-state index contributed by atoms with van der Waals surface area (Å²) in [6, 6.07) is 1.72. The molecule has 0 bridgehead atoms. The normalized spacial score (nSPS) is 10.5. The van der Waals surface area contributed by atoms with Gasteiger partial charge in [-0.3, -0.25) is 4.79 Å². The van der Waals surface area contributed by atoms with Gasteiger partial charge in [-0.2, -0.15) is 0 Å². The second-order valence-corrected chi connectivity index (χ2v) is 4.18. The molecule has 1 heterocycles. The molecule has 0 unspecified atom stereocenters. The van der Waals surface area contributed by atoms with E-state index in [1.807, 2.05) is 0 Å². The van der Waals surface area contributed by atoms with Gasteiger partial charge in [0.15, 0.2) is 0 Å². The molecule has 0 spiro atoms. The number of hydrogen-bond acceptors (Lipinski definition) is 4. The van der Waals surface area contributed by atoms with Crippen LogP contribution in [0.15, 0.2) is 12.3 Å². The Kier molecular flexibility index (Phi) is 4.22. The number of likely N-dealkylation sites (N-methyl/N-ethyl adjacent to an activating group) is 1. The van der Waals surface area contributed by atoms with Crippen LogP contribution in [0.25, 0.3) is 0 Å². The van der Waals surface area contributed by atoms with Crippen LogP contribution in [0.3, 0.4) is 0 Å². The maximum Gasteiger partial charge on any atom is 0.323 e. The first-order chi connectivity index (χ1) is 7.49. The molecule has 1 N–H and O–H groups in total. The molecule has 5 nitrogen and oxygen atoms in total. The Morgan fingerprint density at radius 2 is 2.25 bits per heavy atom. The molecule has 0 aliphatic heterocycles. The average molecular weight is 223 g/mol. The van der Waals surface area contributed by atoms with Crippen molar-refractivity contribution in [3.63, 3.8) is 0 Å². The van der Waals surface area contributed by atoms with E-state index in [4.69, 9.17) is 5.11 Å². The van der Waals surface area contributed by atoms with Gasteiger partial charge >= 0.3 is 5.97 Å². The summed E-state index contributed by atoms with van der Waals surface area (Å²) in [6.45, 7) is 4.13. The van der Waals surface area contributed by atoms with Gasteiger partial charge in [-0.05, 0) is 12.0 Å². The first-order valence-corrected chi connectivity index (χ1v) is 5.24. The van der Waals surface area contributed by atoms with Crippen molar-refractivity contribution >= 4 is 11.8 Å². The molecule has 16 heavy (non-hydrogen) atoms. The van der Waals surface area contributed by atoms with E-state index >= 15 is 0 Å². The average Bonchev–Trinajstić information content (AvgIpc) is 2.16. The minimum Gasteiger partial charge on any atom is -0.480 e. The molecule has 1 aromatic rings. The summed E-state index contributed by atoms with van der Waals surface area (Å²) in [5.41, 5.74) is 0. The first-order valence-electron chi connectivity index (χ1n) is 5.24. The summed E-state index contributed by atoms with van der Waals surface area (Å²) in [4.78, 5) is 20.6. The van der Waals surface area contributed by atoms with E-state index in [0.717, 1.165) is 12.2 Å². The van der Waals surface area contributed by atoms with E-state index in [0.29, 0.717) is 11.7 Å². The zero-order valence-electron chi connectivity index (χ0n) is 9.84. The second kappa shape index (κ2) is 5.44. The number of aliphatic carboxylic acids is 1. The summed E-state index contributed by atoms with van der Waals surface area (Å²) in [6.07, 6.45) is 2.47. The summed E-state index contributed by atoms with van der Waals surface area (Å²) >= 11 is 0. The van der Waals surface area contributed by atoms with Gasteiger partial charge in [0, 0.05) is 19.7 Å². The maximum atomic E-state index is 10.6. The predicted molar refractivity (Wildman–Crippen MR) is 61.5 cm³/mol. The van der Waals surface area contributed by atoms with Crippen LogP contribution in [0.1, 0.15) is 19.7 Å². The van der Waals surface area contributed by atoms with Crippen LogP contribution >= 0.6 is 0 Å². The highest BCUT2D eigenvalue weighted by molar-refractivity contribution is 5.72. The van der Waals surface area contributed by atoms with Crippen LogP contribution in [0.4, 0.5) is 5.82 Å². The minimum absolute atomic E-state index is 0.0574.